The first-order chi connectivity index (χ1) is 12.4. The molecular formula is C18H13ClFN3O2S. The first-order valence-corrected chi connectivity index (χ1v) is 9.02. The molecule has 0 fully saturated rings. The highest BCUT2D eigenvalue weighted by atomic mass is 35.5. The largest absolute Gasteiger partial charge is 0.345 e. The molecule has 132 valence electrons. The van der Waals surface area contributed by atoms with Crippen molar-refractivity contribution in [2.24, 2.45) is 0 Å². The third-order valence-corrected chi connectivity index (χ3v) is 5.84. The fourth-order valence-electron chi connectivity index (χ4n) is 2.85. The molecule has 1 atom stereocenters. The maximum atomic E-state index is 13.4. The van der Waals surface area contributed by atoms with Gasteiger partial charge in [-0.3, -0.25) is 4.79 Å². The third kappa shape index (κ3) is 2.89. The van der Waals surface area contributed by atoms with Crippen LogP contribution in [0.1, 0.15) is 28.2 Å². The SMILES string of the molecule is CC(NC(=O)c1sc2cc(F)ccc2c1Cl)c1ccc2[nH]c(=O)[nH]c2c1. The monoisotopic (exact) mass is 389 g/mol. The standard InChI is InChI=1S/C18H13ClFN3O2S/c1-8(9-2-5-12-13(6-9)23-18(25)22-12)21-17(24)16-15(19)11-4-3-10(20)7-14(11)26-16/h2-8H,1H3,(H,21,24)(H2,22,23,25). The minimum Gasteiger partial charge on any atom is -0.345 e. The van der Waals surface area contributed by atoms with Crippen molar-refractivity contribution in [3.8, 4) is 0 Å². The highest BCUT2D eigenvalue weighted by molar-refractivity contribution is 7.21. The zero-order chi connectivity index (χ0) is 18.4. The quantitative estimate of drug-likeness (QED) is 0.487. The third-order valence-electron chi connectivity index (χ3n) is 4.19. The van der Waals surface area contributed by atoms with Crippen molar-refractivity contribution in [2.75, 3.05) is 0 Å². The van der Waals surface area contributed by atoms with Crippen LogP contribution < -0.4 is 11.0 Å². The van der Waals surface area contributed by atoms with E-state index in [1.165, 1.54) is 12.1 Å². The number of hydrogen-bond donors (Lipinski definition) is 3. The summed E-state index contributed by atoms with van der Waals surface area (Å²) < 4.78 is 14.0. The van der Waals surface area contributed by atoms with E-state index in [-0.39, 0.29) is 23.5 Å². The van der Waals surface area contributed by atoms with Crippen LogP contribution in [0.25, 0.3) is 21.1 Å². The number of nitrogens with one attached hydrogen (secondary N) is 3. The van der Waals surface area contributed by atoms with Gasteiger partial charge in [-0.25, -0.2) is 9.18 Å². The molecule has 4 rings (SSSR count). The number of benzene rings is 2. The number of carbonyl (C=O) groups excluding carboxylic acids is 1. The summed E-state index contributed by atoms with van der Waals surface area (Å²) in [4.78, 5) is 29.7. The Morgan fingerprint density at radius 2 is 1.96 bits per heavy atom. The maximum absolute atomic E-state index is 13.4. The Labute approximate surface area is 155 Å². The van der Waals surface area contributed by atoms with Crippen LogP contribution in [0.2, 0.25) is 5.02 Å². The Kier molecular flexibility index (Phi) is 4.05. The predicted molar refractivity (Wildman–Crippen MR) is 102 cm³/mol. The van der Waals surface area contributed by atoms with E-state index in [1.807, 2.05) is 13.0 Å². The van der Waals surface area contributed by atoms with Crippen molar-refractivity contribution in [3.05, 3.63) is 68.2 Å². The average Bonchev–Trinajstić information content (AvgIpc) is 3.12. The second kappa shape index (κ2) is 6.26. The summed E-state index contributed by atoms with van der Waals surface area (Å²) >= 11 is 7.45. The lowest BCUT2D eigenvalue weighted by Gasteiger charge is -2.14. The molecule has 26 heavy (non-hydrogen) atoms. The number of amides is 1. The van der Waals surface area contributed by atoms with E-state index in [4.69, 9.17) is 11.6 Å². The topological polar surface area (TPSA) is 77.8 Å². The minimum atomic E-state index is -0.371. The number of halogens is 2. The van der Waals surface area contributed by atoms with Crippen molar-refractivity contribution in [1.29, 1.82) is 0 Å². The molecule has 0 aliphatic carbocycles. The van der Waals surface area contributed by atoms with Crippen LogP contribution in [-0.4, -0.2) is 15.9 Å². The Bertz CT molecular complexity index is 1210. The van der Waals surface area contributed by atoms with Gasteiger partial charge >= 0.3 is 5.69 Å². The van der Waals surface area contributed by atoms with E-state index in [9.17, 15) is 14.0 Å². The van der Waals surface area contributed by atoms with Gasteiger partial charge in [0.25, 0.3) is 5.91 Å². The molecule has 4 aromatic rings. The van der Waals surface area contributed by atoms with Gasteiger partial charge in [0.2, 0.25) is 0 Å². The predicted octanol–water partition coefficient (Wildman–Crippen LogP) is 4.35. The Morgan fingerprint density at radius 1 is 1.19 bits per heavy atom. The number of hydrogen-bond acceptors (Lipinski definition) is 3. The zero-order valence-electron chi connectivity index (χ0n) is 13.5. The lowest BCUT2D eigenvalue weighted by atomic mass is 10.1. The number of carbonyl (C=O) groups is 1. The molecule has 1 unspecified atom stereocenters. The molecule has 0 spiro atoms. The van der Waals surface area contributed by atoms with Gasteiger partial charge in [-0.2, -0.15) is 0 Å². The molecule has 0 aliphatic rings. The summed E-state index contributed by atoms with van der Waals surface area (Å²) in [5.74, 6) is -0.698. The number of thiophene rings is 1. The molecular weight excluding hydrogens is 377 g/mol. The van der Waals surface area contributed by atoms with E-state index in [1.54, 1.807) is 18.2 Å². The number of aromatic nitrogens is 2. The normalized spacial score (nSPS) is 12.6. The molecule has 5 nitrogen and oxygen atoms in total. The number of H-pyrrole nitrogens is 2. The summed E-state index contributed by atoms with van der Waals surface area (Å²) in [5.41, 5.74) is 1.93. The molecule has 8 heteroatoms. The van der Waals surface area contributed by atoms with Gasteiger partial charge in [-0.1, -0.05) is 17.7 Å². The Hall–Kier alpha value is -2.64. The smallest absolute Gasteiger partial charge is 0.323 e. The van der Waals surface area contributed by atoms with Gasteiger partial charge < -0.3 is 15.3 Å². The molecule has 0 aliphatic heterocycles. The fraction of sp³-hybridized carbons (Fsp3) is 0.111. The molecule has 2 aromatic heterocycles. The summed E-state index contributed by atoms with van der Waals surface area (Å²) in [6, 6.07) is 9.36. The highest BCUT2D eigenvalue weighted by Crippen LogP contribution is 2.36. The van der Waals surface area contributed by atoms with Crippen LogP contribution in [0.15, 0.2) is 41.2 Å². The van der Waals surface area contributed by atoms with E-state index in [2.05, 4.69) is 15.3 Å². The molecule has 0 radical (unpaired) electrons. The molecule has 0 saturated carbocycles. The maximum Gasteiger partial charge on any atom is 0.323 e. The van der Waals surface area contributed by atoms with Crippen molar-refractivity contribution >= 4 is 50.0 Å². The number of fused-ring (bicyclic) bond motifs is 2. The molecule has 2 heterocycles. The zero-order valence-corrected chi connectivity index (χ0v) is 15.1. The van der Waals surface area contributed by atoms with E-state index < -0.39 is 0 Å². The highest BCUT2D eigenvalue weighted by Gasteiger charge is 2.19. The van der Waals surface area contributed by atoms with Gasteiger partial charge in [0.1, 0.15) is 10.7 Å². The molecule has 1 amide bonds. The second-order valence-electron chi connectivity index (χ2n) is 5.96. The van der Waals surface area contributed by atoms with Crippen molar-refractivity contribution in [1.82, 2.24) is 15.3 Å². The van der Waals surface area contributed by atoms with Gasteiger partial charge in [-0.05, 0) is 42.8 Å². The van der Waals surface area contributed by atoms with Crippen LogP contribution in [-0.2, 0) is 0 Å². The van der Waals surface area contributed by atoms with Gasteiger partial charge in [-0.15, -0.1) is 11.3 Å². The van der Waals surface area contributed by atoms with Crippen molar-refractivity contribution in [2.45, 2.75) is 13.0 Å². The first-order valence-electron chi connectivity index (χ1n) is 7.83. The Morgan fingerprint density at radius 3 is 2.77 bits per heavy atom. The number of imidazole rings is 1. The summed E-state index contributed by atoms with van der Waals surface area (Å²) in [6.07, 6.45) is 0. The van der Waals surface area contributed by atoms with E-state index in [0.717, 1.165) is 16.9 Å². The second-order valence-corrected chi connectivity index (χ2v) is 7.40. The summed E-state index contributed by atoms with van der Waals surface area (Å²) in [7, 11) is 0. The summed E-state index contributed by atoms with van der Waals surface area (Å²) in [6.45, 7) is 1.84. The van der Waals surface area contributed by atoms with Gasteiger partial charge in [0.05, 0.1) is 22.1 Å². The first kappa shape index (κ1) is 16.8. The minimum absolute atomic E-state index is 0.280. The lowest BCUT2D eigenvalue weighted by molar-refractivity contribution is 0.0944. The van der Waals surface area contributed by atoms with E-state index in [0.29, 0.717) is 31.0 Å². The molecule has 2 aromatic carbocycles. The van der Waals surface area contributed by atoms with Crippen LogP contribution in [0, 0.1) is 5.82 Å². The fourth-order valence-corrected chi connectivity index (χ4v) is 4.30. The van der Waals surface area contributed by atoms with Crippen LogP contribution in [0.5, 0.6) is 0 Å². The van der Waals surface area contributed by atoms with Crippen molar-refractivity contribution in [3.63, 3.8) is 0 Å². The van der Waals surface area contributed by atoms with E-state index >= 15 is 0 Å². The van der Waals surface area contributed by atoms with Gasteiger partial charge in [0.15, 0.2) is 0 Å². The number of rotatable bonds is 3. The van der Waals surface area contributed by atoms with Crippen LogP contribution >= 0.6 is 22.9 Å². The van der Waals surface area contributed by atoms with Crippen molar-refractivity contribution < 1.29 is 9.18 Å². The van der Waals surface area contributed by atoms with Gasteiger partial charge in [0, 0.05) is 10.1 Å². The van der Waals surface area contributed by atoms with Crippen LogP contribution in [0.4, 0.5) is 4.39 Å². The molecule has 3 N–H and O–H groups in total. The Balaban J connectivity index is 1.62. The average molecular weight is 390 g/mol. The number of aromatic amines is 2. The lowest BCUT2D eigenvalue weighted by Crippen LogP contribution is -2.26. The van der Waals surface area contributed by atoms with Crippen LogP contribution in [0.3, 0.4) is 0 Å². The molecule has 0 bridgehead atoms. The molecule has 0 saturated heterocycles. The summed E-state index contributed by atoms with van der Waals surface area (Å²) in [5, 5.41) is 3.87.